The standard InChI is InChI=1S/C12H12FN3O2S/c1-6-16-7(5-19-6)4-15-11-3-9(13)8(12(17)18)2-10(11)14/h2-3,5,15H,4,14H2,1H3,(H,17,18). The van der Waals surface area contributed by atoms with Gasteiger partial charge < -0.3 is 16.2 Å². The Morgan fingerprint density at radius 1 is 1.58 bits per heavy atom. The molecule has 4 N–H and O–H groups in total. The lowest BCUT2D eigenvalue weighted by atomic mass is 10.1. The van der Waals surface area contributed by atoms with Crippen LogP contribution in [-0.4, -0.2) is 16.1 Å². The Morgan fingerprint density at radius 3 is 2.89 bits per heavy atom. The number of carbonyl (C=O) groups is 1. The minimum atomic E-state index is -1.34. The third-order valence-electron chi connectivity index (χ3n) is 2.50. The molecule has 0 radical (unpaired) electrons. The highest BCUT2D eigenvalue weighted by Gasteiger charge is 2.13. The van der Waals surface area contributed by atoms with Crippen molar-refractivity contribution in [3.05, 3.63) is 39.6 Å². The third-order valence-corrected chi connectivity index (χ3v) is 3.32. The lowest BCUT2D eigenvalue weighted by molar-refractivity contribution is 0.0692. The summed E-state index contributed by atoms with van der Waals surface area (Å²) in [6, 6.07) is 2.18. The second-order valence-corrected chi connectivity index (χ2v) is 5.00. The van der Waals surface area contributed by atoms with Gasteiger partial charge in [-0.15, -0.1) is 11.3 Å². The molecule has 0 aliphatic carbocycles. The first kappa shape index (κ1) is 13.3. The molecule has 19 heavy (non-hydrogen) atoms. The van der Waals surface area contributed by atoms with Crippen molar-refractivity contribution in [1.82, 2.24) is 4.98 Å². The third kappa shape index (κ3) is 3.00. The number of rotatable bonds is 4. The normalized spacial score (nSPS) is 10.4. The predicted octanol–water partition coefficient (Wildman–Crippen LogP) is 2.48. The van der Waals surface area contributed by atoms with Crippen LogP contribution in [0.2, 0.25) is 0 Å². The summed E-state index contributed by atoms with van der Waals surface area (Å²) in [4.78, 5) is 15.0. The van der Waals surface area contributed by atoms with Gasteiger partial charge in [-0.25, -0.2) is 14.2 Å². The van der Waals surface area contributed by atoms with Gasteiger partial charge in [-0.05, 0) is 19.1 Å². The first-order valence-corrected chi connectivity index (χ1v) is 6.32. The average Bonchev–Trinajstić information content (AvgIpc) is 2.75. The topological polar surface area (TPSA) is 88.2 Å². The van der Waals surface area contributed by atoms with E-state index in [4.69, 9.17) is 10.8 Å². The van der Waals surface area contributed by atoms with Crippen molar-refractivity contribution in [2.45, 2.75) is 13.5 Å². The van der Waals surface area contributed by atoms with E-state index in [0.717, 1.165) is 22.8 Å². The summed E-state index contributed by atoms with van der Waals surface area (Å²) in [6.45, 7) is 2.30. The highest BCUT2D eigenvalue weighted by molar-refractivity contribution is 7.09. The van der Waals surface area contributed by atoms with Gasteiger partial charge in [0.05, 0.1) is 34.2 Å². The van der Waals surface area contributed by atoms with Crippen LogP contribution in [0.1, 0.15) is 21.1 Å². The van der Waals surface area contributed by atoms with E-state index in [0.29, 0.717) is 12.2 Å². The number of nitrogens with one attached hydrogen (secondary N) is 1. The molecule has 5 nitrogen and oxygen atoms in total. The summed E-state index contributed by atoms with van der Waals surface area (Å²) in [5.41, 5.74) is 6.61. The minimum Gasteiger partial charge on any atom is -0.478 e. The highest BCUT2D eigenvalue weighted by atomic mass is 32.1. The number of hydrogen-bond acceptors (Lipinski definition) is 5. The quantitative estimate of drug-likeness (QED) is 0.749. The van der Waals surface area contributed by atoms with Crippen molar-refractivity contribution in [2.75, 3.05) is 11.1 Å². The molecule has 0 spiro atoms. The van der Waals surface area contributed by atoms with Gasteiger partial charge in [-0.2, -0.15) is 0 Å². The molecular weight excluding hydrogens is 269 g/mol. The number of anilines is 2. The van der Waals surface area contributed by atoms with E-state index in [2.05, 4.69) is 10.3 Å². The van der Waals surface area contributed by atoms with Gasteiger partial charge in [0.1, 0.15) is 5.82 Å². The van der Waals surface area contributed by atoms with Gasteiger partial charge in [0.25, 0.3) is 0 Å². The van der Waals surface area contributed by atoms with E-state index in [9.17, 15) is 9.18 Å². The number of thiazole rings is 1. The Bertz CT molecular complexity index is 627. The van der Waals surface area contributed by atoms with Crippen LogP contribution in [0.15, 0.2) is 17.5 Å². The lowest BCUT2D eigenvalue weighted by Gasteiger charge is -2.09. The molecule has 1 aromatic heterocycles. The molecule has 1 heterocycles. The van der Waals surface area contributed by atoms with Gasteiger partial charge in [-0.1, -0.05) is 0 Å². The van der Waals surface area contributed by atoms with Gasteiger partial charge in [0.2, 0.25) is 0 Å². The molecule has 7 heteroatoms. The van der Waals surface area contributed by atoms with Crippen LogP contribution in [0.5, 0.6) is 0 Å². The van der Waals surface area contributed by atoms with E-state index >= 15 is 0 Å². The number of nitrogens with zero attached hydrogens (tertiary/aromatic N) is 1. The zero-order valence-electron chi connectivity index (χ0n) is 10.1. The van der Waals surface area contributed by atoms with Crippen LogP contribution in [0.4, 0.5) is 15.8 Å². The Hall–Kier alpha value is -2.15. The molecule has 0 aliphatic rings. The molecule has 2 aromatic rings. The molecule has 0 unspecified atom stereocenters. The molecule has 0 aliphatic heterocycles. The largest absolute Gasteiger partial charge is 0.478 e. The highest BCUT2D eigenvalue weighted by Crippen LogP contribution is 2.23. The SMILES string of the molecule is Cc1nc(CNc2cc(F)c(C(=O)O)cc2N)cs1. The van der Waals surface area contributed by atoms with Crippen LogP contribution in [-0.2, 0) is 6.54 Å². The van der Waals surface area contributed by atoms with Crippen molar-refractivity contribution < 1.29 is 14.3 Å². The second kappa shape index (κ2) is 5.23. The van der Waals surface area contributed by atoms with E-state index < -0.39 is 17.3 Å². The Morgan fingerprint density at radius 2 is 2.32 bits per heavy atom. The van der Waals surface area contributed by atoms with Crippen LogP contribution < -0.4 is 11.1 Å². The summed E-state index contributed by atoms with van der Waals surface area (Å²) >= 11 is 1.52. The number of hydrogen-bond donors (Lipinski definition) is 3. The molecule has 0 saturated carbocycles. The molecule has 1 aromatic carbocycles. The van der Waals surface area contributed by atoms with E-state index in [1.54, 1.807) is 0 Å². The predicted molar refractivity (Wildman–Crippen MR) is 71.9 cm³/mol. The van der Waals surface area contributed by atoms with Crippen LogP contribution >= 0.6 is 11.3 Å². The number of carboxylic acids is 1. The summed E-state index contributed by atoms with van der Waals surface area (Å²) in [7, 11) is 0. The minimum absolute atomic E-state index is 0.186. The molecule has 0 fully saturated rings. The Balaban J connectivity index is 2.17. The van der Waals surface area contributed by atoms with Crippen molar-refractivity contribution in [1.29, 1.82) is 0 Å². The monoisotopic (exact) mass is 281 g/mol. The van der Waals surface area contributed by atoms with Crippen molar-refractivity contribution in [3.63, 3.8) is 0 Å². The maximum absolute atomic E-state index is 13.5. The number of halogens is 1. The molecule has 0 amide bonds. The molecule has 0 bridgehead atoms. The Kier molecular flexibility index (Phi) is 3.66. The van der Waals surface area contributed by atoms with Gasteiger partial charge in [-0.3, -0.25) is 0 Å². The van der Waals surface area contributed by atoms with E-state index in [-0.39, 0.29) is 5.69 Å². The Labute approximate surface area is 112 Å². The second-order valence-electron chi connectivity index (χ2n) is 3.94. The fourth-order valence-electron chi connectivity index (χ4n) is 1.58. The maximum atomic E-state index is 13.5. The first-order valence-electron chi connectivity index (χ1n) is 5.44. The van der Waals surface area contributed by atoms with Crippen molar-refractivity contribution >= 4 is 28.7 Å². The van der Waals surface area contributed by atoms with E-state index in [1.807, 2.05) is 12.3 Å². The van der Waals surface area contributed by atoms with Crippen LogP contribution in [0, 0.1) is 12.7 Å². The van der Waals surface area contributed by atoms with Gasteiger partial charge >= 0.3 is 5.97 Å². The number of aryl methyl sites for hydroxylation is 1. The molecule has 0 atom stereocenters. The maximum Gasteiger partial charge on any atom is 0.338 e. The first-order chi connectivity index (χ1) is 8.97. The van der Waals surface area contributed by atoms with E-state index in [1.165, 1.54) is 11.3 Å². The average molecular weight is 281 g/mol. The number of aromatic nitrogens is 1. The summed E-state index contributed by atoms with van der Waals surface area (Å²) < 4.78 is 13.5. The molecule has 100 valence electrons. The summed E-state index contributed by atoms with van der Waals surface area (Å²) in [5.74, 6) is -2.16. The van der Waals surface area contributed by atoms with Gasteiger partial charge in [0.15, 0.2) is 0 Å². The fraction of sp³-hybridized carbons (Fsp3) is 0.167. The number of nitrogens with two attached hydrogens (primary N) is 1. The van der Waals surface area contributed by atoms with Crippen molar-refractivity contribution in [2.24, 2.45) is 0 Å². The van der Waals surface area contributed by atoms with Crippen molar-refractivity contribution in [3.8, 4) is 0 Å². The number of benzene rings is 1. The summed E-state index contributed by atoms with van der Waals surface area (Å²) in [6.07, 6.45) is 0. The van der Waals surface area contributed by atoms with Crippen LogP contribution in [0.3, 0.4) is 0 Å². The number of carboxylic acid groups (broad SMARTS) is 1. The number of aromatic carboxylic acids is 1. The molecular formula is C12H12FN3O2S. The zero-order valence-corrected chi connectivity index (χ0v) is 10.9. The van der Waals surface area contributed by atoms with Gasteiger partial charge in [0, 0.05) is 5.38 Å². The number of nitrogen functional groups attached to an aromatic ring is 1. The molecule has 2 rings (SSSR count). The lowest BCUT2D eigenvalue weighted by Crippen LogP contribution is -2.07. The molecule has 0 saturated heterocycles. The summed E-state index contributed by atoms with van der Waals surface area (Å²) in [5, 5.41) is 14.5. The van der Waals surface area contributed by atoms with Crippen LogP contribution in [0.25, 0.3) is 0 Å². The smallest absolute Gasteiger partial charge is 0.338 e. The fourth-order valence-corrected chi connectivity index (χ4v) is 2.19. The zero-order chi connectivity index (χ0) is 14.0.